The highest BCUT2D eigenvalue weighted by Crippen LogP contribution is 2.30. The van der Waals surface area contributed by atoms with Crippen molar-refractivity contribution in [2.24, 2.45) is 0 Å². The predicted molar refractivity (Wildman–Crippen MR) is 99.0 cm³/mol. The van der Waals surface area contributed by atoms with Crippen LogP contribution in [0.25, 0.3) is 0 Å². The number of hydrogen-bond acceptors (Lipinski definition) is 3. The van der Waals surface area contributed by atoms with Crippen LogP contribution in [-0.4, -0.2) is 37.5 Å². The van der Waals surface area contributed by atoms with Gasteiger partial charge in [0.05, 0.1) is 23.1 Å². The molecule has 0 radical (unpaired) electrons. The fourth-order valence-corrected chi connectivity index (χ4v) is 5.11. The van der Waals surface area contributed by atoms with Gasteiger partial charge >= 0.3 is 0 Å². The van der Waals surface area contributed by atoms with Gasteiger partial charge in [-0.3, -0.25) is 0 Å². The molecule has 1 unspecified atom stereocenters. The summed E-state index contributed by atoms with van der Waals surface area (Å²) in [5.74, 6) is 0. The average molecular weight is 359 g/mol. The second-order valence-electron chi connectivity index (χ2n) is 7.29. The van der Waals surface area contributed by atoms with E-state index in [1.165, 1.54) is 0 Å². The number of aryl methyl sites for hydroxylation is 1. The van der Waals surface area contributed by atoms with E-state index >= 15 is 0 Å². The molecule has 0 aromatic heterocycles. The summed E-state index contributed by atoms with van der Waals surface area (Å²) in [7, 11) is -3.56. The van der Waals surface area contributed by atoms with Crippen molar-refractivity contribution in [1.29, 1.82) is 0 Å². The highest BCUT2D eigenvalue weighted by Gasteiger charge is 2.42. The van der Waals surface area contributed by atoms with E-state index < -0.39 is 15.6 Å². The first-order valence-corrected chi connectivity index (χ1v) is 9.98. The standard InChI is InChI=1S/C20H25NO3S/c1-16-8-7-11-19(12-16)25(22,23)21-14-18(24-15-20(21,2)3)13-17-9-5-4-6-10-17/h4-12,18H,13-15H2,1-3H3. The Morgan fingerprint density at radius 1 is 1.12 bits per heavy atom. The van der Waals surface area contributed by atoms with E-state index in [2.05, 4.69) is 0 Å². The molecule has 0 amide bonds. The number of morpholine rings is 1. The van der Waals surface area contributed by atoms with Gasteiger partial charge in [0, 0.05) is 6.54 Å². The average Bonchev–Trinajstić information content (AvgIpc) is 2.57. The van der Waals surface area contributed by atoms with Crippen molar-refractivity contribution in [3.05, 3.63) is 65.7 Å². The Morgan fingerprint density at radius 3 is 2.52 bits per heavy atom. The normalized spacial score (nSPS) is 21.2. The van der Waals surface area contributed by atoms with Crippen LogP contribution < -0.4 is 0 Å². The monoisotopic (exact) mass is 359 g/mol. The lowest BCUT2D eigenvalue weighted by Crippen LogP contribution is -2.58. The molecule has 5 heteroatoms. The van der Waals surface area contributed by atoms with Crippen LogP contribution in [0.4, 0.5) is 0 Å². The molecule has 1 fully saturated rings. The van der Waals surface area contributed by atoms with Crippen molar-refractivity contribution >= 4 is 10.0 Å². The van der Waals surface area contributed by atoms with Crippen LogP contribution in [0.5, 0.6) is 0 Å². The summed E-state index contributed by atoms with van der Waals surface area (Å²) in [5.41, 5.74) is 1.52. The molecule has 0 bridgehead atoms. The van der Waals surface area contributed by atoms with Gasteiger partial charge in [0.25, 0.3) is 0 Å². The molecular weight excluding hydrogens is 334 g/mol. The molecule has 0 N–H and O–H groups in total. The lowest BCUT2D eigenvalue weighted by Gasteiger charge is -2.44. The Morgan fingerprint density at radius 2 is 1.84 bits per heavy atom. The van der Waals surface area contributed by atoms with Crippen LogP contribution >= 0.6 is 0 Å². The Balaban J connectivity index is 1.87. The molecule has 2 aromatic rings. The van der Waals surface area contributed by atoms with E-state index in [0.29, 0.717) is 24.5 Å². The third-order valence-corrected chi connectivity index (χ3v) is 6.67. The van der Waals surface area contributed by atoms with E-state index in [4.69, 9.17) is 4.74 Å². The van der Waals surface area contributed by atoms with Gasteiger partial charge in [0.1, 0.15) is 0 Å². The summed E-state index contributed by atoms with van der Waals surface area (Å²) < 4.78 is 34.0. The largest absolute Gasteiger partial charge is 0.375 e. The molecule has 0 aliphatic carbocycles. The van der Waals surface area contributed by atoms with Gasteiger partial charge in [0.2, 0.25) is 10.0 Å². The molecule has 1 aliphatic rings. The van der Waals surface area contributed by atoms with Crippen molar-refractivity contribution in [2.75, 3.05) is 13.2 Å². The van der Waals surface area contributed by atoms with E-state index in [9.17, 15) is 8.42 Å². The zero-order valence-electron chi connectivity index (χ0n) is 15.0. The van der Waals surface area contributed by atoms with Crippen molar-refractivity contribution in [3.63, 3.8) is 0 Å². The van der Waals surface area contributed by atoms with Gasteiger partial charge in [-0.05, 0) is 50.5 Å². The van der Waals surface area contributed by atoms with E-state index in [0.717, 1.165) is 11.1 Å². The number of ether oxygens (including phenoxy) is 1. The summed E-state index contributed by atoms with van der Waals surface area (Å²) in [6.45, 7) is 6.48. The fraction of sp³-hybridized carbons (Fsp3) is 0.400. The minimum absolute atomic E-state index is 0.144. The lowest BCUT2D eigenvalue weighted by molar-refractivity contribution is -0.0629. The van der Waals surface area contributed by atoms with E-state index in [1.807, 2.05) is 57.2 Å². The minimum Gasteiger partial charge on any atom is -0.375 e. The molecule has 0 spiro atoms. The molecular formula is C20H25NO3S. The summed E-state index contributed by atoms with van der Waals surface area (Å²) in [6, 6.07) is 17.1. The second-order valence-corrected chi connectivity index (χ2v) is 9.15. The highest BCUT2D eigenvalue weighted by atomic mass is 32.2. The third kappa shape index (κ3) is 3.94. The Kier molecular flexibility index (Phi) is 5.00. The van der Waals surface area contributed by atoms with Crippen LogP contribution in [0.3, 0.4) is 0 Å². The van der Waals surface area contributed by atoms with Crippen LogP contribution in [-0.2, 0) is 21.2 Å². The van der Waals surface area contributed by atoms with Crippen molar-refractivity contribution in [1.82, 2.24) is 4.31 Å². The quantitative estimate of drug-likeness (QED) is 0.840. The number of nitrogens with zero attached hydrogens (tertiary/aromatic N) is 1. The topological polar surface area (TPSA) is 46.6 Å². The summed E-state index contributed by atoms with van der Waals surface area (Å²) in [5, 5.41) is 0. The van der Waals surface area contributed by atoms with Crippen LogP contribution in [0.15, 0.2) is 59.5 Å². The number of hydrogen-bond donors (Lipinski definition) is 0. The maximum Gasteiger partial charge on any atom is 0.243 e. The third-order valence-electron chi connectivity index (χ3n) is 4.60. The zero-order chi connectivity index (χ0) is 18.1. The first-order valence-electron chi connectivity index (χ1n) is 8.54. The smallest absolute Gasteiger partial charge is 0.243 e. The van der Waals surface area contributed by atoms with Crippen molar-refractivity contribution in [2.45, 2.75) is 43.7 Å². The van der Waals surface area contributed by atoms with Gasteiger partial charge in [0.15, 0.2) is 0 Å². The molecule has 134 valence electrons. The number of benzene rings is 2. The number of sulfonamides is 1. The molecule has 1 heterocycles. The van der Waals surface area contributed by atoms with Gasteiger partial charge in [-0.15, -0.1) is 0 Å². The van der Waals surface area contributed by atoms with Crippen LogP contribution in [0.1, 0.15) is 25.0 Å². The van der Waals surface area contributed by atoms with Crippen molar-refractivity contribution < 1.29 is 13.2 Å². The maximum absolute atomic E-state index is 13.2. The molecule has 3 rings (SSSR count). The Hall–Kier alpha value is -1.69. The molecule has 1 saturated heterocycles. The summed E-state index contributed by atoms with van der Waals surface area (Å²) >= 11 is 0. The van der Waals surface area contributed by atoms with E-state index in [-0.39, 0.29) is 6.10 Å². The Bertz CT molecular complexity index is 831. The molecule has 25 heavy (non-hydrogen) atoms. The lowest BCUT2D eigenvalue weighted by atomic mass is 10.0. The predicted octanol–water partition coefficient (Wildman–Crippen LogP) is 3.41. The second kappa shape index (κ2) is 6.90. The first kappa shape index (κ1) is 18.1. The molecule has 1 aliphatic heterocycles. The maximum atomic E-state index is 13.2. The molecule has 1 atom stereocenters. The highest BCUT2D eigenvalue weighted by molar-refractivity contribution is 7.89. The first-order chi connectivity index (χ1) is 11.8. The zero-order valence-corrected chi connectivity index (χ0v) is 15.8. The molecule has 4 nitrogen and oxygen atoms in total. The van der Waals surface area contributed by atoms with Crippen LogP contribution in [0.2, 0.25) is 0 Å². The van der Waals surface area contributed by atoms with Crippen LogP contribution in [0, 0.1) is 6.92 Å². The minimum atomic E-state index is -3.56. The molecule has 2 aromatic carbocycles. The summed E-state index contributed by atoms with van der Waals surface area (Å²) in [6.07, 6.45) is 0.562. The SMILES string of the molecule is Cc1cccc(S(=O)(=O)N2CC(Cc3ccccc3)OCC2(C)C)c1. The number of rotatable bonds is 4. The summed E-state index contributed by atoms with van der Waals surface area (Å²) in [4.78, 5) is 0.348. The molecule has 0 saturated carbocycles. The Labute approximate surface area is 150 Å². The fourth-order valence-electron chi connectivity index (χ4n) is 3.21. The van der Waals surface area contributed by atoms with Gasteiger partial charge in [-0.2, -0.15) is 4.31 Å². The van der Waals surface area contributed by atoms with Gasteiger partial charge in [-0.25, -0.2) is 8.42 Å². The van der Waals surface area contributed by atoms with Crippen molar-refractivity contribution in [3.8, 4) is 0 Å². The van der Waals surface area contributed by atoms with E-state index in [1.54, 1.807) is 22.5 Å². The van der Waals surface area contributed by atoms with Gasteiger partial charge < -0.3 is 4.74 Å². The van der Waals surface area contributed by atoms with Gasteiger partial charge in [-0.1, -0.05) is 42.5 Å².